The van der Waals surface area contributed by atoms with Crippen LogP contribution in [0.15, 0.2) is 77.7 Å². The summed E-state index contributed by atoms with van der Waals surface area (Å²) in [7, 11) is -3.75. The van der Waals surface area contributed by atoms with Gasteiger partial charge in [-0.3, -0.25) is 14.5 Å². The Morgan fingerprint density at radius 2 is 1.73 bits per heavy atom. The molecule has 3 aromatic carbocycles. The largest absolute Gasteiger partial charge is 0.358 e. The molecule has 8 nitrogen and oxygen atoms in total. The van der Waals surface area contributed by atoms with Gasteiger partial charge in [-0.05, 0) is 66.9 Å². The number of amides is 2. The first-order chi connectivity index (χ1) is 21.1. The molecule has 0 aliphatic carbocycles. The Morgan fingerprint density at radius 1 is 1.00 bits per heavy atom. The minimum Gasteiger partial charge on any atom is -0.358 e. The number of hydrogen-bond donors (Lipinski definition) is 3. The van der Waals surface area contributed by atoms with Gasteiger partial charge in [0.2, 0.25) is 0 Å². The zero-order chi connectivity index (χ0) is 31.4. The number of hydrogen-bond acceptors (Lipinski definition) is 5. The van der Waals surface area contributed by atoms with Crippen LogP contribution in [-0.4, -0.2) is 54.3 Å². The lowest BCUT2D eigenvalue weighted by molar-refractivity contribution is -0.110. The lowest BCUT2D eigenvalue weighted by atomic mass is 10.0. The quantitative estimate of drug-likeness (QED) is 0.0739. The molecule has 5 rings (SSSR count). The average molecular weight is 723 g/mol. The van der Waals surface area contributed by atoms with E-state index in [0.717, 1.165) is 34.3 Å². The number of nitrogens with zero attached hydrogens (tertiary/aromatic N) is 1. The summed E-state index contributed by atoms with van der Waals surface area (Å²) in [5, 5.41) is 5.84. The van der Waals surface area contributed by atoms with Crippen LogP contribution in [0, 0.1) is 13.8 Å². The van der Waals surface area contributed by atoms with Gasteiger partial charge in [0.1, 0.15) is 0 Å². The van der Waals surface area contributed by atoms with Crippen LogP contribution in [0.1, 0.15) is 45.4 Å². The van der Waals surface area contributed by atoms with Gasteiger partial charge in [-0.2, -0.15) is 0 Å². The number of alkyl halides is 1. The van der Waals surface area contributed by atoms with E-state index in [0.29, 0.717) is 45.9 Å². The fourth-order valence-electron chi connectivity index (χ4n) is 5.46. The summed E-state index contributed by atoms with van der Waals surface area (Å²) in [5.74, 6) is -0.690. The molecule has 0 atom stereocenters. The topological polar surface area (TPSA) is 111 Å². The van der Waals surface area contributed by atoms with Crippen LogP contribution >= 0.6 is 22.6 Å². The van der Waals surface area contributed by atoms with Gasteiger partial charge in [0.05, 0.1) is 26.3 Å². The molecule has 1 aromatic heterocycles. The summed E-state index contributed by atoms with van der Waals surface area (Å²) in [4.78, 5) is 31.7. The van der Waals surface area contributed by atoms with Crippen molar-refractivity contribution in [2.24, 2.45) is 0 Å². The second kappa shape index (κ2) is 13.5. The van der Waals surface area contributed by atoms with Crippen LogP contribution in [0.2, 0.25) is 0 Å². The Bertz CT molecular complexity index is 1840. The van der Waals surface area contributed by atoms with Crippen molar-refractivity contribution in [3.8, 4) is 11.1 Å². The number of benzene rings is 3. The molecule has 228 valence electrons. The maximum atomic E-state index is 13.7. The highest BCUT2D eigenvalue weighted by atomic mass is 127. The number of aryl methyl sites for hydroxylation is 1. The van der Waals surface area contributed by atoms with E-state index in [1.807, 2.05) is 68.4 Å². The van der Waals surface area contributed by atoms with Crippen LogP contribution in [0.5, 0.6) is 0 Å². The summed E-state index contributed by atoms with van der Waals surface area (Å²) in [6.45, 7) is 7.94. The lowest BCUT2D eigenvalue weighted by Crippen LogP contribution is -2.34. The zero-order valence-electron chi connectivity index (χ0n) is 24.9. The van der Waals surface area contributed by atoms with E-state index < -0.39 is 9.84 Å². The Morgan fingerprint density at radius 3 is 2.45 bits per heavy atom. The second-order valence-corrected chi connectivity index (χ2v) is 13.4. The third kappa shape index (κ3) is 6.67. The molecule has 0 unspecified atom stereocenters. The highest BCUT2D eigenvalue weighted by Gasteiger charge is 2.28. The van der Waals surface area contributed by atoms with Crippen LogP contribution < -0.4 is 10.6 Å². The molecule has 0 spiro atoms. The number of rotatable bonds is 11. The minimum atomic E-state index is -3.75. The molecule has 0 bridgehead atoms. The van der Waals surface area contributed by atoms with Crippen LogP contribution in [0.3, 0.4) is 0 Å². The number of aromatic nitrogens is 1. The van der Waals surface area contributed by atoms with Gasteiger partial charge >= 0.3 is 0 Å². The number of fused-ring (bicyclic) bond motifs is 1. The summed E-state index contributed by atoms with van der Waals surface area (Å²) >= 11 is 2.31. The van der Waals surface area contributed by atoms with Crippen molar-refractivity contribution in [3.05, 3.63) is 106 Å². The molecule has 0 radical (unpaired) electrons. The normalized spacial score (nSPS) is 13.8. The summed E-state index contributed by atoms with van der Waals surface area (Å²) < 4.78 is 28.3. The van der Waals surface area contributed by atoms with Gasteiger partial charge in [0.15, 0.2) is 9.84 Å². The maximum Gasteiger partial charge on any atom is 0.256 e. The minimum absolute atomic E-state index is 0.133. The van der Waals surface area contributed by atoms with Crippen molar-refractivity contribution < 1.29 is 18.0 Å². The number of aromatic amines is 1. The molecule has 2 heterocycles. The number of H-pyrrole nitrogens is 1. The maximum absolute atomic E-state index is 13.7. The Labute approximate surface area is 272 Å². The molecule has 0 fully saturated rings. The molecule has 1 aliphatic rings. The molecular formula is C34H35IN4O4S. The smallest absolute Gasteiger partial charge is 0.256 e. The van der Waals surface area contributed by atoms with Gasteiger partial charge in [-0.15, -0.1) is 0 Å². The third-order valence-electron chi connectivity index (χ3n) is 7.90. The lowest BCUT2D eigenvalue weighted by Gasteiger charge is -2.17. The standard InChI is InChI=1S/C34H35IN4O4S/c1-4-39(21-35)17-16-36-34(41)32-22(2)31(37-23(32)3)19-29-28-18-26(14-15-30(28)38-33(29)40)44(42,43)20-25-12-8-9-13-27(25)24-10-6-5-7-11-24/h5-15,18-19,37H,4,16-17,20-21H2,1-3H3,(H,36,41)(H,38,40)/b29-19-. The predicted octanol–water partition coefficient (Wildman–Crippen LogP) is 6.21. The number of halogens is 1. The molecule has 0 saturated heterocycles. The van der Waals surface area contributed by atoms with E-state index in [1.165, 1.54) is 6.07 Å². The number of carbonyl (C=O) groups excluding carboxylic acids is 2. The van der Waals surface area contributed by atoms with Crippen LogP contribution in [-0.2, 0) is 20.4 Å². The second-order valence-electron chi connectivity index (χ2n) is 10.8. The van der Waals surface area contributed by atoms with E-state index in [2.05, 4.69) is 50.0 Å². The number of likely N-dealkylation sites (N-methyl/N-ethyl adjacent to an activating group) is 1. The Kier molecular flexibility index (Phi) is 9.72. The monoisotopic (exact) mass is 722 g/mol. The van der Waals surface area contributed by atoms with E-state index in [1.54, 1.807) is 18.2 Å². The number of sulfone groups is 1. The third-order valence-corrected chi connectivity index (χ3v) is 10.5. The summed E-state index contributed by atoms with van der Waals surface area (Å²) in [6.07, 6.45) is 1.69. The van der Waals surface area contributed by atoms with Crippen molar-refractivity contribution >= 4 is 61.6 Å². The summed E-state index contributed by atoms with van der Waals surface area (Å²) in [6, 6.07) is 21.9. The molecule has 0 saturated carbocycles. The number of anilines is 1. The zero-order valence-corrected chi connectivity index (χ0v) is 27.9. The molecule has 4 aromatic rings. The fourth-order valence-corrected chi connectivity index (χ4v) is 7.68. The van der Waals surface area contributed by atoms with Crippen molar-refractivity contribution in [1.29, 1.82) is 0 Å². The molecule has 1 aliphatic heterocycles. The van der Waals surface area contributed by atoms with Crippen molar-refractivity contribution in [2.45, 2.75) is 31.4 Å². The Balaban J connectivity index is 1.42. The predicted molar refractivity (Wildman–Crippen MR) is 184 cm³/mol. The summed E-state index contributed by atoms with van der Waals surface area (Å²) in [5.41, 5.74) is 6.46. The molecule has 3 N–H and O–H groups in total. The fraction of sp³-hybridized carbons (Fsp3) is 0.235. The van der Waals surface area contributed by atoms with E-state index >= 15 is 0 Å². The number of nitrogens with one attached hydrogen (secondary N) is 3. The van der Waals surface area contributed by atoms with Gasteiger partial charge in [-0.25, -0.2) is 8.42 Å². The van der Waals surface area contributed by atoms with Crippen LogP contribution in [0.25, 0.3) is 22.8 Å². The number of carbonyl (C=O) groups is 2. The SMILES string of the molecule is CCN(CI)CCNC(=O)c1c(C)[nH]c(/C=C2\C(=O)Nc3ccc(S(=O)(=O)Cc4ccccc4-c4ccccc4)cc32)c1C. The van der Waals surface area contributed by atoms with Crippen LogP contribution in [0.4, 0.5) is 5.69 Å². The Hall–Kier alpha value is -3.74. The van der Waals surface area contributed by atoms with Crippen molar-refractivity contribution in [1.82, 2.24) is 15.2 Å². The molecule has 44 heavy (non-hydrogen) atoms. The van der Waals surface area contributed by atoms with Gasteiger partial charge in [-0.1, -0.05) is 84.1 Å². The van der Waals surface area contributed by atoms with Crippen molar-refractivity contribution in [2.75, 3.05) is 29.5 Å². The van der Waals surface area contributed by atoms with Gasteiger partial charge in [0, 0.05) is 35.7 Å². The highest BCUT2D eigenvalue weighted by molar-refractivity contribution is 14.1. The molecule has 10 heteroatoms. The first-order valence-electron chi connectivity index (χ1n) is 14.4. The van der Waals surface area contributed by atoms with Gasteiger partial charge < -0.3 is 15.6 Å². The van der Waals surface area contributed by atoms with E-state index in [-0.39, 0.29) is 22.5 Å². The van der Waals surface area contributed by atoms with Crippen molar-refractivity contribution in [3.63, 3.8) is 0 Å². The van der Waals surface area contributed by atoms with E-state index in [4.69, 9.17) is 0 Å². The highest BCUT2D eigenvalue weighted by Crippen LogP contribution is 2.36. The van der Waals surface area contributed by atoms with Gasteiger partial charge in [0.25, 0.3) is 11.8 Å². The molecular weight excluding hydrogens is 687 g/mol. The first kappa shape index (κ1) is 31.7. The molecule has 2 amide bonds. The first-order valence-corrected chi connectivity index (χ1v) is 17.6. The average Bonchev–Trinajstić information content (AvgIpc) is 3.48. The van der Waals surface area contributed by atoms with E-state index in [9.17, 15) is 18.0 Å².